The molecular weight excluding hydrogens is 192 g/mol. The predicted molar refractivity (Wildman–Crippen MR) is 73.5 cm³/mol. The SMILES string of the molecule is C.C.C.C.C.C.COCCCOC(C)=O. The van der Waals surface area contributed by atoms with Gasteiger partial charge >= 0.3 is 5.97 Å². The lowest BCUT2D eigenvalue weighted by molar-refractivity contribution is -0.141. The third-order valence-electron chi connectivity index (χ3n) is 0.798. The van der Waals surface area contributed by atoms with E-state index in [0.717, 1.165) is 6.42 Å². The minimum absolute atomic E-state index is 0. The number of methoxy groups -OCH3 is 1. The number of esters is 1. The molecule has 0 N–H and O–H groups in total. The lowest BCUT2D eigenvalue weighted by Crippen LogP contribution is -2.02. The summed E-state index contributed by atoms with van der Waals surface area (Å²) in [5.41, 5.74) is 0. The van der Waals surface area contributed by atoms with E-state index in [9.17, 15) is 4.79 Å². The van der Waals surface area contributed by atoms with Gasteiger partial charge in [0.2, 0.25) is 0 Å². The van der Waals surface area contributed by atoms with Crippen molar-refractivity contribution in [3.8, 4) is 0 Å². The molecule has 0 amide bonds. The zero-order chi connectivity index (χ0) is 7.11. The van der Waals surface area contributed by atoms with Gasteiger partial charge in [-0.15, -0.1) is 0 Å². The van der Waals surface area contributed by atoms with Crippen molar-refractivity contribution in [3.63, 3.8) is 0 Å². The Bertz CT molecular complexity index is 82.9. The average molecular weight is 228 g/mol. The van der Waals surface area contributed by atoms with Gasteiger partial charge in [-0.3, -0.25) is 4.79 Å². The molecule has 3 heteroatoms. The molecule has 0 aliphatic heterocycles. The van der Waals surface area contributed by atoms with E-state index in [-0.39, 0.29) is 50.5 Å². The Balaban J connectivity index is -0.0000000213. The molecule has 3 nitrogen and oxygen atoms in total. The van der Waals surface area contributed by atoms with E-state index < -0.39 is 0 Å². The van der Waals surface area contributed by atoms with Crippen molar-refractivity contribution in [2.75, 3.05) is 20.3 Å². The van der Waals surface area contributed by atoms with Gasteiger partial charge in [-0.1, -0.05) is 44.6 Å². The number of carbonyl (C=O) groups is 1. The minimum atomic E-state index is -0.230. The monoisotopic (exact) mass is 228 g/mol. The first-order valence-corrected chi connectivity index (χ1v) is 2.89. The van der Waals surface area contributed by atoms with E-state index in [1.807, 2.05) is 0 Å². The third-order valence-corrected chi connectivity index (χ3v) is 0.798. The van der Waals surface area contributed by atoms with Crippen LogP contribution >= 0.6 is 0 Å². The van der Waals surface area contributed by atoms with E-state index in [4.69, 9.17) is 4.74 Å². The van der Waals surface area contributed by atoms with Gasteiger partial charge in [0, 0.05) is 27.1 Å². The number of rotatable bonds is 4. The fourth-order valence-electron chi connectivity index (χ4n) is 0.419. The maximum atomic E-state index is 10.1. The summed E-state index contributed by atoms with van der Waals surface area (Å²) < 4.78 is 9.36. The fraction of sp³-hybridized carbons (Fsp3) is 0.917. The van der Waals surface area contributed by atoms with Crippen LogP contribution in [-0.2, 0) is 14.3 Å². The molecule has 0 fully saturated rings. The third kappa shape index (κ3) is 59.5. The highest BCUT2D eigenvalue weighted by Crippen LogP contribution is 1.82. The number of ether oxygens (including phenoxy) is 2. The van der Waals surface area contributed by atoms with Crippen LogP contribution in [0.5, 0.6) is 0 Å². The largest absolute Gasteiger partial charge is 0.466 e. The summed E-state index contributed by atoms with van der Waals surface area (Å²) in [5, 5.41) is 0. The van der Waals surface area contributed by atoms with Crippen LogP contribution in [0.1, 0.15) is 57.9 Å². The van der Waals surface area contributed by atoms with Gasteiger partial charge < -0.3 is 9.47 Å². The molecule has 0 aromatic rings. The van der Waals surface area contributed by atoms with Gasteiger partial charge in [-0.05, 0) is 0 Å². The topological polar surface area (TPSA) is 35.5 Å². The van der Waals surface area contributed by atoms with E-state index in [1.165, 1.54) is 6.92 Å². The number of hydrogen-bond donors (Lipinski definition) is 0. The molecule has 0 heterocycles. The van der Waals surface area contributed by atoms with Crippen molar-refractivity contribution in [1.82, 2.24) is 0 Å². The molecule has 0 aromatic carbocycles. The van der Waals surface area contributed by atoms with Crippen molar-refractivity contribution in [1.29, 1.82) is 0 Å². The number of hydrogen-bond acceptors (Lipinski definition) is 3. The van der Waals surface area contributed by atoms with E-state index in [0.29, 0.717) is 13.2 Å². The molecule has 0 unspecified atom stereocenters. The Labute approximate surface area is 99.2 Å². The first-order valence-electron chi connectivity index (χ1n) is 2.89. The maximum Gasteiger partial charge on any atom is 0.302 e. The lowest BCUT2D eigenvalue weighted by Gasteiger charge is -1.98. The summed E-state index contributed by atoms with van der Waals surface area (Å²) in [6.45, 7) is 2.50. The van der Waals surface area contributed by atoms with Crippen LogP contribution < -0.4 is 0 Å². The van der Waals surface area contributed by atoms with Crippen LogP contribution in [0.15, 0.2) is 0 Å². The molecule has 0 bridgehead atoms. The van der Waals surface area contributed by atoms with E-state index in [1.54, 1.807) is 7.11 Å². The molecule has 0 saturated heterocycles. The summed E-state index contributed by atoms with van der Waals surface area (Å²) in [7, 11) is 1.62. The highest BCUT2D eigenvalue weighted by Gasteiger charge is 1.90. The molecule has 15 heavy (non-hydrogen) atoms. The molecule has 0 spiro atoms. The van der Waals surface area contributed by atoms with Gasteiger partial charge in [0.15, 0.2) is 0 Å². The Morgan fingerprint density at radius 2 is 1.33 bits per heavy atom. The fourth-order valence-corrected chi connectivity index (χ4v) is 0.419. The van der Waals surface area contributed by atoms with Crippen LogP contribution in [0.25, 0.3) is 0 Å². The molecule has 102 valence electrons. The summed E-state index contributed by atoms with van der Waals surface area (Å²) in [6, 6.07) is 0. The molecule has 0 rings (SSSR count). The van der Waals surface area contributed by atoms with Crippen LogP contribution in [0, 0.1) is 0 Å². The molecule has 0 aliphatic rings. The van der Waals surface area contributed by atoms with Gasteiger partial charge in [0.05, 0.1) is 6.61 Å². The molecule has 0 aromatic heterocycles. The Morgan fingerprint density at radius 3 is 1.60 bits per heavy atom. The van der Waals surface area contributed by atoms with Crippen molar-refractivity contribution in [2.24, 2.45) is 0 Å². The van der Waals surface area contributed by atoms with Gasteiger partial charge in [0.1, 0.15) is 0 Å². The van der Waals surface area contributed by atoms with Crippen molar-refractivity contribution >= 4 is 5.97 Å². The Hall–Kier alpha value is -0.570. The minimum Gasteiger partial charge on any atom is -0.466 e. The quantitative estimate of drug-likeness (QED) is 0.528. The van der Waals surface area contributed by atoms with Crippen LogP contribution in [0.2, 0.25) is 0 Å². The number of carbonyl (C=O) groups excluding carboxylic acids is 1. The van der Waals surface area contributed by atoms with Gasteiger partial charge in [-0.2, -0.15) is 0 Å². The van der Waals surface area contributed by atoms with Gasteiger partial charge in [-0.25, -0.2) is 0 Å². The zero-order valence-electron chi connectivity index (χ0n) is 5.85. The predicted octanol–water partition coefficient (Wildman–Crippen LogP) is 4.40. The highest BCUT2D eigenvalue weighted by atomic mass is 16.5. The highest BCUT2D eigenvalue weighted by molar-refractivity contribution is 5.65. The summed E-state index contributed by atoms with van der Waals surface area (Å²) in [6.07, 6.45) is 0.774. The second-order valence-electron chi connectivity index (χ2n) is 1.69. The lowest BCUT2D eigenvalue weighted by atomic mass is 10.5. The van der Waals surface area contributed by atoms with Crippen LogP contribution in [-0.4, -0.2) is 26.3 Å². The standard InChI is InChI=1S/C6H12O3.6CH4/c1-6(7)9-5-3-4-8-2;;;;;;/h3-5H2,1-2H3;6*1H4. The second kappa shape index (κ2) is 37.6. The van der Waals surface area contributed by atoms with Crippen LogP contribution in [0.3, 0.4) is 0 Å². The summed E-state index contributed by atoms with van der Waals surface area (Å²) in [4.78, 5) is 10.1. The smallest absolute Gasteiger partial charge is 0.302 e. The Morgan fingerprint density at radius 1 is 0.933 bits per heavy atom. The average Bonchev–Trinajstić information content (AvgIpc) is 1.80. The first kappa shape index (κ1) is 47.1. The summed E-state index contributed by atoms with van der Waals surface area (Å²) >= 11 is 0. The van der Waals surface area contributed by atoms with E-state index >= 15 is 0 Å². The molecule has 0 saturated carbocycles. The first-order chi connectivity index (χ1) is 4.27. The summed E-state index contributed by atoms with van der Waals surface area (Å²) in [5.74, 6) is -0.230. The zero-order valence-corrected chi connectivity index (χ0v) is 5.85. The van der Waals surface area contributed by atoms with Gasteiger partial charge in [0.25, 0.3) is 0 Å². The maximum absolute atomic E-state index is 10.1. The molecule has 0 radical (unpaired) electrons. The normalized spacial score (nSPS) is 5.47. The Kier molecular flexibility index (Phi) is 118. The van der Waals surface area contributed by atoms with Crippen molar-refractivity contribution in [3.05, 3.63) is 0 Å². The van der Waals surface area contributed by atoms with Crippen LogP contribution in [0.4, 0.5) is 0 Å². The van der Waals surface area contributed by atoms with Crippen molar-refractivity contribution < 1.29 is 14.3 Å². The molecular formula is C12H36O3. The van der Waals surface area contributed by atoms with E-state index in [2.05, 4.69) is 4.74 Å². The second-order valence-corrected chi connectivity index (χ2v) is 1.69. The van der Waals surface area contributed by atoms with Crippen molar-refractivity contribution in [2.45, 2.75) is 57.9 Å². The molecule has 0 atom stereocenters. The molecule has 0 aliphatic carbocycles.